The molecule has 17 heavy (non-hydrogen) atoms. The summed E-state index contributed by atoms with van der Waals surface area (Å²) in [6.07, 6.45) is 0. The zero-order chi connectivity index (χ0) is 12.7. The van der Waals surface area contributed by atoms with E-state index in [1.54, 1.807) is 0 Å². The monoisotopic (exact) mass is 237 g/mol. The van der Waals surface area contributed by atoms with E-state index in [0.29, 0.717) is 10.7 Å². The maximum atomic E-state index is 11.6. The van der Waals surface area contributed by atoms with Crippen LogP contribution in [0.15, 0.2) is 10.6 Å². The van der Waals surface area contributed by atoms with Crippen molar-refractivity contribution in [2.45, 2.75) is 19.8 Å². The minimum atomic E-state index is -0.916. The number of carbonyl (C=O) groups excluding carboxylic acids is 3. The molecule has 90 valence electrons. The Hall–Kier alpha value is -2.18. The van der Waals surface area contributed by atoms with Gasteiger partial charge in [0.05, 0.1) is 0 Å². The number of hydrogen-bond acceptors (Lipinski definition) is 5. The van der Waals surface area contributed by atoms with Crippen molar-refractivity contribution in [3.05, 3.63) is 11.8 Å². The van der Waals surface area contributed by atoms with Gasteiger partial charge in [-0.3, -0.25) is 14.5 Å². The largest absolute Gasteiger partial charge is 0.359 e. The highest BCUT2D eigenvalue weighted by Crippen LogP contribution is 2.24. The summed E-state index contributed by atoms with van der Waals surface area (Å²) in [4.78, 5) is 35.9. The third kappa shape index (κ3) is 1.59. The number of amides is 4. The van der Waals surface area contributed by atoms with E-state index in [9.17, 15) is 14.4 Å². The molecule has 0 spiro atoms. The molecule has 0 unspecified atom stereocenters. The molecule has 1 fully saturated rings. The number of urea groups is 1. The summed E-state index contributed by atoms with van der Waals surface area (Å²) in [6.45, 7) is 3.77. The first-order valence-electron chi connectivity index (χ1n) is 5.06. The molecular weight excluding hydrogens is 226 g/mol. The third-order valence-corrected chi connectivity index (χ3v) is 2.48. The molecule has 0 aliphatic carbocycles. The quantitative estimate of drug-likeness (QED) is 0.559. The van der Waals surface area contributed by atoms with E-state index < -0.39 is 17.8 Å². The molecule has 0 saturated carbocycles. The fraction of sp³-hybridized carbons (Fsp3) is 0.400. The molecule has 1 saturated heterocycles. The highest BCUT2D eigenvalue weighted by molar-refractivity contribution is 6.52. The SMILES string of the molecule is CC(C)c1cc(N2C(=O)C(=O)N(C)C2=O)no1. The number of hydrogen-bond donors (Lipinski definition) is 0. The number of carbonyl (C=O) groups is 3. The van der Waals surface area contributed by atoms with Crippen LogP contribution < -0.4 is 4.90 Å². The molecule has 7 nitrogen and oxygen atoms in total. The van der Waals surface area contributed by atoms with Crippen molar-refractivity contribution in [1.29, 1.82) is 0 Å². The first kappa shape index (κ1) is 11.3. The Labute approximate surface area is 96.9 Å². The number of anilines is 1. The van der Waals surface area contributed by atoms with Crippen LogP contribution in [-0.4, -0.2) is 34.9 Å². The Kier molecular flexibility index (Phi) is 2.45. The molecule has 1 aliphatic rings. The molecule has 0 N–H and O–H groups in total. The number of imide groups is 2. The summed E-state index contributed by atoms with van der Waals surface area (Å²) in [6, 6.07) is 0.760. The summed E-state index contributed by atoms with van der Waals surface area (Å²) in [7, 11) is 1.24. The number of aromatic nitrogens is 1. The molecule has 1 aromatic rings. The summed E-state index contributed by atoms with van der Waals surface area (Å²) < 4.78 is 4.98. The maximum absolute atomic E-state index is 11.6. The summed E-state index contributed by atoms with van der Waals surface area (Å²) in [5.41, 5.74) is 0. The van der Waals surface area contributed by atoms with Crippen molar-refractivity contribution in [3.63, 3.8) is 0 Å². The van der Waals surface area contributed by atoms with E-state index in [1.165, 1.54) is 13.1 Å². The van der Waals surface area contributed by atoms with Gasteiger partial charge < -0.3 is 4.52 Å². The first-order valence-corrected chi connectivity index (χ1v) is 5.06. The first-order chi connectivity index (χ1) is 7.93. The highest BCUT2D eigenvalue weighted by Gasteiger charge is 2.44. The van der Waals surface area contributed by atoms with Crippen LogP contribution in [0.25, 0.3) is 0 Å². The molecule has 0 aromatic carbocycles. The minimum absolute atomic E-state index is 0.0430. The average molecular weight is 237 g/mol. The Balaban J connectivity index is 2.37. The lowest BCUT2D eigenvalue weighted by Crippen LogP contribution is -2.31. The van der Waals surface area contributed by atoms with E-state index in [2.05, 4.69) is 5.16 Å². The van der Waals surface area contributed by atoms with Gasteiger partial charge in [0.25, 0.3) is 0 Å². The van der Waals surface area contributed by atoms with Crippen molar-refractivity contribution in [1.82, 2.24) is 10.1 Å². The average Bonchev–Trinajstić information content (AvgIpc) is 2.81. The standard InChI is InChI=1S/C10H11N3O4/c1-5(2)6-4-7(11-17-6)13-9(15)8(14)12(3)10(13)16/h4-5H,1-3H3. The molecule has 2 rings (SSSR count). The van der Waals surface area contributed by atoms with Crippen molar-refractivity contribution >= 4 is 23.7 Å². The van der Waals surface area contributed by atoms with Gasteiger partial charge in [0.1, 0.15) is 5.76 Å². The molecule has 1 aromatic heterocycles. The molecule has 0 bridgehead atoms. The van der Waals surface area contributed by atoms with Gasteiger partial charge in [0, 0.05) is 19.0 Å². The van der Waals surface area contributed by atoms with Crippen LogP contribution in [0.5, 0.6) is 0 Å². The number of rotatable bonds is 2. The minimum Gasteiger partial charge on any atom is -0.359 e. The number of nitrogens with zero attached hydrogens (tertiary/aromatic N) is 3. The van der Waals surface area contributed by atoms with E-state index >= 15 is 0 Å². The van der Waals surface area contributed by atoms with Gasteiger partial charge >= 0.3 is 17.8 Å². The van der Waals surface area contributed by atoms with Crippen molar-refractivity contribution < 1.29 is 18.9 Å². The second kappa shape index (κ2) is 3.69. The smallest absolute Gasteiger partial charge is 0.339 e. The van der Waals surface area contributed by atoms with Crippen LogP contribution in [0.3, 0.4) is 0 Å². The van der Waals surface area contributed by atoms with Gasteiger partial charge in [-0.2, -0.15) is 0 Å². The topological polar surface area (TPSA) is 83.7 Å². The molecule has 0 atom stereocenters. The summed E-state index contributed by atoms with van der Waals surface area (Å²) in [5, 5.41) is 3.62. The van der Waals surface area contributed by atoms with Crippen LogP contribution in [0.1, 0.15) is 25.5 Å². The maximum Gasteiger partial charge on any atom is 0.339 e. The normalized spacial score (nSPS) is 16.6. The van der Waals surface area contributed by atoms with E-state index in [4.69, 9.17) is 4.52 Å². The Bertz CT molecular complexity index is 505. The lowest BCUT2D eigenvalue weighted by atomic mass is 10.1. The molecule has 1 aliphatic heterocycles. The highest BCUT2D eigenvalue weighted by atomic mass is 16.5. The van der Waals surface area contributed by atoms with Crippen LogP contribution in [-0.2, 0) is 9.59 Å². The third-order valence-electron chi connectivity index (χ3n) is 2.48. The second-order valence-electron chi connectivity index (χ2n) is 4.03. The summed E-state index contributed by atoms with van der Waals surface area (Å²) in [5.74, 6) is -1.12. The van der Waals surface area contributed by atoms with Crippen molar-refractivity contribution in [2.24, 2.45) is 0 Å². The van der Waals surface area contributed by atoms with Gasteiger partial charge in [-0.1, -0.05) is 19.0 Å². The molecule has 7 heteroatoms. The van der Waals surface area contributed by atoms with E-state index in [-0.39, 0.29) is 11.7 Å². The lowest BCUT2D eigenvalue weighted by molar-refractivity contribution is -0.138. The molecular formula is C10H11N3O4. The van der Waals surface area contributed by atoms with Crippen LogP contribution in [0.2, 0.25) is 0 Å². The molecule has 4 amide bonds. The van der Waals surface area contributed by atoms with Gasteiger partial charge in [0.2, 0.25) is 0 Å². The number of likely N-dealkylation sites (N-methyl/N-ethyl adjacent to an activating group) is 1. The summed E-state index contributed by atoms with van der Waals surface area (Å²) >= 11 is 0. The molecule has 0 radical (unpaired) electrons. The van der Waals surface area contributed by atoms with Gasteiger partial charge in [-0.05, 0) is 0 Å². The molecule has 2 heterocycles. The van der Waals surface area contributed by atoms with Gasteiger partial charge in [-0.15, -0.1) is 0 Å². The van der Waals surface area contributed by atoms with Gasteiger partial charge in [-0.25, -0.2) is 9.69 Å². The second-order valence-corrected chi connectivity index (χ2v) is 4.03. The van der Waals surface area contributed by atoms with E-state index in [1.807, 2.05) is 13.8 Å². The predicted molar refractivity (Wildman–Crippen MR) is 56.2 cm³/mol. The fourth-order valence-corrected chi connectivity index (χ4v) is 1.42. The van der Waals surface area contributed by atoms with Crippen LogP contribution in [0, 0.1) is 0 Å². The lowest BCUT2D eigenvalue weighted by Gasteiger charge is -2.07. The van der Waals surface area contributed by atoms with E-state index in [0.717, 1.165) is 4.90 Å². The predicted octanol–water partition coefficient (Wildman–Crippen LogP) is 0.723. The van der Waals surface area contributed by atoms with Crippen molar-refractivity contribution in [3.8, 4) is 0 Å². The Morgan fingerprint density at radius 3 is 2.29 bits per heavy atom. The van der Waals surface area contributed by atoms with Gasteiger partial charge in [0.15, 0.2) is 5.82 Å². The Morgan fingerprint density at radius 1 is 1.24 bits per heavy atom. The fourth-order valence-electron chi connectivity index (χ4n) is 1.42. The zero-order valence-electron chi connectivity index (χ0n) is 9.63. The van der Waals surface area contributed by atoms with Crippen LogP contribution in [0.4, 0.5) is 10.6 Å². The zero-order valence-corrected chi connectivity index (χ0v) is 9.63. The Morgan fingerprint density at radius 2 is 1.88 bits per heavy atom. The van der Waals surface area contributed by atoms with Crippen molar-refractivity contribution in [2.75, 3.05) is 11.9 Å². The van der Waals surface area contributed by atoms with Crippen LogP contribution >= 0.6 is 0 Å².